The van der Waals surface area contributed by atoms with Crippen molar-refractivity contribution in [2.24, 2.45) is 13.0 Å². The third kappa shape index (κ3) is 6.69. The number of aromatic carboxylic acids is 1. The number of aryl methyl sites for hydroxylation is 5. The monoisotopic (exact) mass is 808 g/mol. The van der Waals surface area contributed by atoms with Crippen molar-refractivity contribution in [1.29, 1.82) is 0 Å². The fourth-order valence-electron chi connectivity index (χ4n) is 9.41. The van der Waals surface area contributed by atoms with E-state index >= 15 is 4.79 Å². The van der Waals surface area contributed by atoms with Crippen LogP contribution in [0, 0.1) is 33.6 Å². The molecule has 57 heavy (non-hydrogen) atoms. The van der Waals surface area contributed by atoms with E-state index in [4.69, 9.17) is 33.0 Å². The van der Waals surface area contributed by atoms with Crippen molar-refractivity contribution in [3.63, 3.8) is 0 Å². The number of piperidine rings is 1. The molecule has 6 aromatic rings. The van der Waals surface area contributed by atoms with Crippen LogP contribution in [0.2, 0.25) is 10.0 Å². The molecular formula is C45H50Cl2N6O4. The maximum absolute atomic E-state index is 15.2. The van der Waals surface area contributed by atoms with Crippen LogP contribution in [0.1, 0.15) is 81.2 Å². The number of hydrogen-bond donors (Lipinski definition) is 1. The molecule has 3 aromatic carbocycles. The molecule has 1 saturated heterocycles. The van der Waals surface area contributed by atoms with Gasteiger partial charge in [0.1, 0.15) is 22.8 Å². The third-order valence-corrected chi connectivity index (χ3v) is 13.2. The van der Waals surface area contributed by atoms with Crippen molar-refractivity contribution in [2.45, 2.75) is 72.9 Å². The van der Waals surface area contributed by atoms with Gasteiger partial charge in [0.25, 0.3) is 5.91 Å². The number of aromatic nitrogens is 4. The van der Waals surface area contributed by atoms with Crippen molar-refractivity contribution >= 4 is 62.7 Å². The lowest BCUT2D eigenvalue weighted by Crippen LogP contribution is -2.44. The molecule has 0 bridgehead atoms. The molecule has 0 saturated carbocycles. The van der Waals surface area contributed by atoms with Crippen LogP contribution in [0.15, 0.2) is 48.5 Å². The summed E-state index contributed by atoms with van der Waals surface area (Å²) in [5, 5.41) is 18.5. The van der Waals surface area contributed by atoms with Crippen LogP contribution in [0.25, 0.3) is 32.9 Å². The van der Waals surface area contributed by atoms with Gasteiger partial charge in [-0.05, 0) is 127 Å². The van der Waals surface area contributed by atoms with Crippen molar-refractivity contribution in [3.05, 3.63) is 97.9 Å². The van der Waals surface area contributed by atoms with E-state index in [2.05, 4.69) is 35.0 Å². The fraction of sp³-hybridized carbons (Fsp3) is 0.400. The van der Waals surface area contributed by atoms with Crippen molar-refractivity contribution in [1.82, 2.24) is 23.8 Å². The summed E-state index contributed by atoms with van der Waals surface area (Å²) >= 11 is 13.7. The largest absolute Gasteiger partial charge is 0.494 e. The number of likely N-dealkylation sites (tertiary alicyclic amines) is 1. The summed E-state index contributed by atoms with van der Waals surface area (Å²) < 4.78 is 12.4. The number of rotatable bonds is 10. The SMILES string of the molecule is Cc1cc(OCCCc2c3n(c4c(-c5c(C)nn(CC6CCN(C)CC6)c5C)c(Cl)ccc24)[C@H](C)CN(c2c(C(=O)O)c4ccccc4n2C)C3=O)cc(C)c1Cl. The number of carboxylic acid groups (broad SMARTS) is 1. The predicted molar refractivity (Wildman–Crippen MR) is 229 cm³/mol. The minimum Gasteiger partial charge on any atom is -0.494 e. The average Bonchev–Trinajstić information content (AvgIpc) is 3.77. The number of halogens is 2. The van der Waals surface area contributed by atoms with Crippen molar-refractivity contribution < 1.29 is 19.4 Å². The van der Waals surface area contributed by atoms with Gasteiger partial charge in [-0.1, -0.05) is 47.5 Å². The molecule has 3 aromatic heterocycles. The number of carbonyl (C=O) groups excluding carboxylic acids is 1. The Labute approximate surface area is 343 Å². The molecule has 8 rings (SSSR count). The van der Waals surface area contributed by atoms with E-state index in [1.165, 1.54) is 0 Å². The van der Waals surface area contributed by atoms with E-state index in [1.807, 2.05) is 74.9 Å². The average molecular weight is 810 g/mol. The highest BCUT2D eigenvalue weighted by molar-refractivity contribution is 6.35. The quantitative estimate of drug-likeness (QED) is 0.139. The Morgan fingerprint density at radius 1 is 0.965 bits per heavy atom. The van der Waals surface area contributed by atoms with Crippen molar-refractivity contribution in [3.8, 4) is 16.9 Å². The van der Waals surface area contributed by atoms with E-state index in [0.29, 0.717) is 47.3 Å². The Bertz CT molecular complexity index is 2550. The molecule has 0 aliphatic carbocycles. The zero-order valence-electron chi connectivity index (χ0n) is 33.7. The summed E-state index contributed by atoms with van der Waals surface area (Å²) in [7, 11) is 4.01. The van der Waals surface area contributed by atoms with Gasteiger partial charge in [0, 0.05) is 58.8 Å². The van der Waals surface area contributed by atoms with E-state index in [9.17, 15) is 9.90 Å². The topological polar surface area (TPSA) is 97.8 Å². The van der Waals surface area contributed by atoms with Gasteiger partial charge in [-0.2, -0.15) is 5.10 Å². The van der Waals surface area contributed by atoms with E-state index < -0.39 is 5.97 Å². The maximum atomic E-state index is 15.2. The number of nitrogens with zero attached hydrogens (tertiary/aromatic N) is 6. The normalized spacial score (nSPS) is 16.6. The van der Waals surface area contributed by atoms with E-state index in [0.717, 1.165) is 98.9 Å². The van der Waals surface area contributed by atoms with Crippen LogP contribution in [0.4, 0.5) is 5.82 Å². The Morgan fingerprint density at radius 2 is 1.67 bits per heavy atom. The smallest absolute Gasteiger partial charge is 0.340 e. The number of benzene rings is 3. The summed E-state index contributed by atoms with van der Waals surface area (Å²) in [6, 6.07) is 15.1. The standard InChI is InChI=1S/C45H50Cl2N6O4/c1-25-21-31(22-26(2)40(25)47)57-20-10-12-32-33-14-15-35(46)39(37-28(4)48-52(29(37)5)24-30-16-18-49(6)19-17-30)41(33)53-27(3)23-51(44(54)42(32)53)43-38(45(55)56)34-11-8-9-13-36(34)50(43)7/h8-9,11,13-15,21-22,27,30H,10,12,16-20,23-24H2,1-7H3,(H,55,56)/t27-/m1/s1. The van der Waals surface area contributed by atoms with Crippen LogP contribution in [-0.2, 0) is 20.0 Å². The first-order chi connectivity index (χ1) is 27.3. The fourth-order valence-corrected chi connectivity index (χ4v) is 9.77. The lowest BCUT2D eigenvalue weighted by Gasteiger charge is -2.34. The Balaban J connectivity index is 1.26. The lowest BCUT2D eigenvalue weighted by atomic mass is 9.96. The molecule has 1 atom stereocenters. The second kappa shape index (κ2) is 15.2. The molecule has 1 amide bonds. The van der Waals surface area contributed by atoms with Gasteiger partial charge in [0.2, 0.25) is 0 Å². The Kier molecular flexibility index (Phi) is 10.4. The van der Waals surface area contributed by atoms with E-state index in [1.54, 1.807) is 11.0 Å². The molecule has 298 valence electrons. The van der Waals surface area contributed by atoms with Crippen LogP contribution in [-0.4, -0.2) is 74.1 Å². The molecule has 0 radical (unpaired) electrons. The van der Waals surface area contributed by atoms with Crippen LogP contribution in [0.3, 0.4) is 0 Å². The van der Waals surface area contributed by atoms with E-state index in [-0.39, 0.29) is 24.1 Å². The minimum absolute atomic E-state index is 0.119. The predicted octanol–water partition coefficient (Wildman–Crippen LogP) is 9.81. The first-order valence-corrected chi connectivity index (χ1v) is 20.6. The molecule has 2 aliphatic heterocycles. The van der Waals surface area contributed by atoms with Crippen LogP contribution in [0.5, 0.6) is 5.75 Å². The second-order valence-electron chi connectivity index (χ2n) is 16.2. The van der Waals surface area contributed by atoms with Gasteiger partial charge in [0.15, 0.2) is 0 Å². The number of hydrogen-bond acceptors (Lipinski definition) is 5. The summed E-state index contributed by atoms with van der Waals surface area (Å²) in [5.74, 6) is 0.354. The lowest BCUT2D eigenvalue weighted by molar-refractivity contribution is 0.0699. The molecule has 2 aliphatic rings. The summed E-state index contributed by atoms with van der Waals surface area (Å²) in [6.45, 7) is 13.9. The highest BCUT2D eigenvalue weighted by atomic mass is 35.5. The molecule has 5 heterocycles. The zero-order chi connectivity index (χ0) is 40.4. The molecule has 12 heteroatoms. The van der Waals surface area contributed by atoms with Gasteiger partial charge >= 0.3 is 5.97 Å². The number of carboxylic acids is 1. The molecule has 0 unspecified atom stereocenters. The van der Waals surface area contributed by atoms with Gasteiger partial charge in [-0.15, -0.1) is 0 Å². The van der Waals surface area contributed by atoms with Crippen molar-refractivity contribution in [2.75, 3.05) is 38.2 Å². The third-order valence-electron chi connectivity index (χ3n) is 12.3. The summed E-state index contributed by atoms with van der Waals surface area (Å²) in [4.78, 5) is 32.2. The van der Waals surface area contributed by atoms with Gasteiger partial charge in [-0.3, -0.25) is 14.4 Å². The van der Waals surface area contributed by atoms with Gasteiger partial charge in [-0.25, -0.2) is 4.79 Å². The Morgan fingerprint density at radius 3 is 2.37 bits per heavy atom. The highest BCUT2D eigenvalue weighted by Gasteiger charge is 2.40. The van der Waals surface area contributed by atoms with Gasteiger partial charge in [0.05, 0.1) is 28.4 Å². The number of anilines is 1. The molecule has 1 N–H and O–H groups in total. The highest BCUT2D eigenvalue weighted by Crippen LogP contribution is 2.46. The number of carbonyl (C=O) groups is 2. The molecule has 1 fully saturated rings. The molecule has 10 nitrogen and oxygen atoms in total. The molecular weight excluding hydrogens is 759 g/mol. The zero-order valence-corrected chi connectivity index (χ0v) is 35.3. The number of para-hydroxylation sites is 1. The summed E-state index contributed by atoms with van der Waals surface area (Å²) in [5.41, 5.74) is 8.93. The Hall–Kier alpha value is -4.77. The second-order valence-corrected chi connectivity index (χ2v) is 16.9. The first kappa shape index (κ1) is 39.1. The van der Waals surface area contributed by atoms with Gasteiger partial charge < -0.3 is 23.9 Å². The molecule has 0 spiro atoms. The first-order valence-electron chi connectivity index (χ1n) is 19.9. The number of fused-ring (bicyclic) bond motifs is 4. The number of amides is 1. The van der Waals surface area contributed by atoms with Crippen LogP contribution < -0.4 is 9.64 Å². The maximum Gasteiger partial charge on any atom is 0.340 e. The minimum atomic E-state index is -1.07. The number of ether oxygens (including phenoxy) is 1. The van der Waals surface area contributed by atoms with Crippen LogP contribution >= 0.6 is 23.2 Å². The summed E-state index contributed by atoms with van der Waals surface area (Å²) in [6.07, 6.45) is 3.44.